The smallest absolute Gasteiger partial charge is 0.305 e. The molecule has 1 aliphatic rings. The summed E-state index contributed by atoms with van der Waals surface area (Å²) in [5.41, 5.74) is 8.80. The molecule has 198 valence electrons. The Kier molecular flexibility index (Phi) is 7.90. The molecule has 3 aromatic rings. The molecular weight excluding hydrogens is 489 g/mol. The number of carbonyl (C=O) groups is 3. The van der Waals surface area contributed by atoms with Crippen LogP contribution in [-0.2, 0) is 4.79 Å². The Labute approximate surface area is 220 Å². The number of hydrogen-bond acceptors (Lipinski definition) is 6. The van der Waals surface area contributed by atoms with E-state index in [9.17, 15) is 23.9 Å². The van der Waals surface area contributed by atoms with Crippen molar-refractivity contribution >= 4 is 29.2 Å². The van der Waals surface area contributed by atoms with Gasteiger partial charge in [-0.1, -0.05) is 12.1 Å². The van der Waals surface area contributed by atoms with Crippen molar-refractivity contribution < 1.29 is 23.9 Å². The molecule has 3 atom stereocenters. The molecule has 0 bridgehead atoms. The molecule has 4 N–H and O–H groups in total. The number of rotatable bonds is 7. The summed E-state index contributed by atoms with van der Waals surface area (Å²) in [7, 11) is 0. The number of carbonyl (C=O) groups excluding carboxylic acids is 2. The molecular formula is C28H30FN5O4. The van der Waals surface area contributed by atoms with Crippen molar-refractivity contribution in [3.63, 3.8) is 0 Å². The van der Waals surface area contributed by atoms with E-state index in [0.717, 1.165) is 5.69 Å². The van der Waals surface area contributed by atoms with Crippen LogP contribution in [0.4, 0.5) is 15.8 Å². The third-order valence-corrected chi connectivity index (χ3v) is 6.71. The minimum absolute atomic E-state index is 0.0350. The van der Waals surface area contributed by atoms with Gasteiger partial charge in [0.05, 0.1) is 29.4 Å². The first-order chi connectivity index (χ1) is 18.1. The van der Waals surface area contributed by atoms with Gasteiger partial charge in [-0.15, -0.1) is 0 Å². The number of anilines is 2. The Hall–Kier alpha value is -4.47. The van der Waals surface area contributed by atoms with Gasteiger partial charge < -0.3 is 26.0 Å². The van der Waals surface area contributed by atoms with E-state index in [0.29, 0.717) is 29.9 Å². The summed E-state index contributed by atoms with van der Waals surface area (Å²) < 4.78 is 13.3. The number of benzene rings is 2. The fraction of sp³-hybridized carbons (Fsp3) is 0.286. The SMILES string of the molecule is CC1CN(c2ccc(C(=O)NC(CC(=O)O)c3ccc(F)cc3)cc2N)C(C)CN1C(=O)c1cccnc1. The van der Waals surface area contributed by atoms with Gasteiger partial charge in [0.25, 0.3) is 11.8 Å². The highest BCUT2D eigenvalue weighted by atomic mass is 19.1. The van der Waals surface area contributed by atoms with Crippen LogP contribution in [0.2, 0.25) is 0 Å². The van der Waals surface area contributed by atoms with Gasteiger partial charge in [-0.25, -0.2) is 4.39 Å². The highest BCUT2D eigenvalue weighted by molar-refractivity contribution is 5.97. The highest BCUT2D eigenvalue weighted by Gasteiger charge is 2.33. The Morgan fingerprint density at radius 1 is 1.08 bits per heavy atom. The van der Waals surface area contributed by atoms with Crippen LogP contribution in [0.15, 0.2) is 67.0 Å². The van der Waals surface area contributed by atoms with Gasteiger partial charge in [0.15, 0.2) is 0 Å². The van der Waals surface area contributed by atoms with Crippen LogP contribution in [0.25, 0.3) is 0 Å². The van der Waals surface area contributed by atoms with Gasteiger partial charge in [-0.3, -0.25) is 19.4 Å². The summed E-state index contributed by atoms with van der Waals surface area (Å²) in [4.78, 5) is 45.3. The number of nitrogens with two attached hydrogens (primary N) is 1. The van der Waals surface area contributed by atoms with E-state index in [1.54, 1.807) is 42.7 Å². The maximum Gasteiger partial charge on any atom is 0.305 e. The van der Waals surface area contributed by atoms with Crippen molar-refractivity contribution in [3.8, 4) is 0 Å². The van der Waals surface area contributed by atoms with E-state index < -0.39 is 23.7 Å². The van der Waals surface area contributed by atoms with Crippen molar-refractivity contribution in [3.05, 3.63) is 89.5 Å². The fourth-order valence-corrected chi connectivity index (χ4v) is 4.72. The molecule has 10 heteroatoms. The van der Waals surface area contributed by atoms with Gasteiger partial charge in [0.2, 0.25) is 0 Å². The zero-order chi connectivity index (χ0) is 27.4. The van der Waals surface area contributed by atoms with E-state index in [2.05, 4.69) is 15.2 Å². The maximum absolute atomic E-state index is 13.3. The molecule has 1 aromatic heterocycles. The molecule has 0 radical (unpaired) electrons. The van der Waals surface area contributed by atoms with Crippen LogP contribution in [0, 0.1) is 5.82 Å². The largest absolute Gasteiger partial charge is 0.481 e. The molecule has 1 fully saturated rings. The first-order valence-electron chi connectivity index (χ1n) is 12.3. The molecule has 1 aliphatic heterocycles. The number of amides is 2. The van der Waals surface area contributed by atoms with Gasteiger partial charge in [0, 0.05) is 43.1 Å². The number of pyridine rings is 1. The highest BCUT2D eigenvalue weighted by Crippen LogP contribution is 2.30. The Bertz CT molecular complexity index is 1320. The maximum atomic E-state index is 13.3. The van der Waals surface area contributed by atoms with Crippen LogP contribution < -0.4 is 16.0 Å². The summed E-state index contributed by atoms with van der Waals surface area (Å²) in [6, 6.07) is 12.8. The van der Waals surface area contributed by atoms with E-state index in [4.69, 9.17) is 5.73 Å². The summed E-state index contributed by atoms with van der Waals surface area (Å²) >= 11 is 0. The number of aliphatic carboxylic acids is 1. The second kappa shape index (κ2) is 11.3. The average molecular weight is 520 g/mol. The standard InChI is InChI=1S/C28H30FN5O4/c1-17-16-34(28(38)21-4-3-11-31-14-21)18(2)15-33(17)25-10-7-20(12-23(25)30)27(37)32-24(13-26(35)36)19-5-8-22(29)9-6-19/h3-12,14,17-18,24H,13,15-16,30H2,1-2H3,(H,32,37)(H,35,36). The molecule has 2 aromatic carbocycles. The molecule has 1 saturated heterocycles. The van der Waals surface area contributed by atoms with Gasteiger partial charge in [0.1, 0.15) is 5.82 Å². The Morgan fingerprint density at radius 3 is 2.45 bits per heavy atom. The van der Waals surface area contributed by atoms with Crippen LogP contribution >= 0.6 is 0 Å². The number of nitrogens with zero attached hydrogens (tertiary/aromatic N) is 3. The molecule has 9 nitrogen and oxygen atoms in total. The first kappa shape index (κ1) is 26.6. The lowest BCUT2D eigenvalue weighted by atomic mass is 10.0. The Balaban J connectivity index is 1.48. The quantitative estimate of drug-likeness (QED) is 0.408. The fourth-order valence-electron chi connectivity index (χ4n) is 4.72. The number of carboxylic acid groups (broad SMARTS) is 1. The normalized spacial score (nSPS) is 18.1. The molecule has 0 saturated carbocycles. The lowest BCUT2D eigenvalue weighted by Gasteiger charge is -2.45. The molecule has 3 unspecified atom stereocenters. The molecule has 2 heterocycles. The lowest BCUT2D eigenvalue weighted by Crippen LogP contribution is -2.58. The number of hydrogen-bond donors (Lipinski definition) is 3. The third kappa shape index (κ3) is 5.91. The third-order valence-electron chi connectivity index (χ3n) is 6.71. The zero-order valence-electron chi connectivity index (χ0n) is 21.2. The first-order valence-corrected chi connectivity index (χ1v) is 12.3. The monoisotopic (exact) mass is 519 g/mol. The number of piperazine rings is 1. The number of nitrogens with one attached hydrogen (secondary N) is 1. The zero-order valence-corrected chi connectivity index (χ0v) is 21.2. The minimum atomic E-state index is -1.10. The second-order valence-corrected chi connectivity index (χ2v) is 9.50. The van der Waals surface area contributed by atoms with Gasteiger partial charge in [-0.05, 0) is 61.9 Å². The van der Waals surface area contributed by atoms with Crippen molar-refractivity contribution in [1.82, 2.24) is 15.2 Å². The van der Waals surface area contributed by atoms with Crippen LogP contribution in [-0.4, -0.2) is 57.9 Å². The van der Waals surface area contributed by atoms with Gasteiger partial charge in [-0.2, -0.15) is 0 Å². The topological polar surface area (TPSA) is 129 Å². The van der Waals surface area contributed by atoms with E-state index in [1.807, 2.05) is 18.7 Å². The number of aromatic nitrogens is 1. The molecule has 4 rings (SSSR count). The van der Waals surface area contributed by atoms with Crippen molar-refractivity contribution in [2.75, 3.05) is 23.7 Å². The predicted molar refractivity (Wildman–Crippen MR) is 141 cm³/mol. The molecule has 38 heavy (non-hydrogen) atoms. The number of nitrogen functional groups attached to an aromatic ring is 1. The van der Waals surface area contributed by atoms with E-state index in [1.165, 1.54) is 24.3 Å². The van der Waals surface area contributed by atoms with Crippen LogP contribution in [0.3, 0.4) is 0 Å². The predicted octanol–water partition coefficient (Wildman–Crippen LogP) is 3.49. The van der Waals surface area contributed by atoms with Crippen molar-refractivity contribution in [1.29, 1.82) is 0 Å². The van der Waals surface area contributed by atoms with Crippen LogP contribution in [0.5, 0.6) is 0 Å². The lowest BCUT2D eigenvalue weighted by molar-refractivity contribution is -0.137. The second-order valence-electron chi connectivity index (χ2n) is 9.50. The summed E-state index contributed by atoms with van der Waals surface area (Å²) in [5, 5.41) is 12.0. The Morgan fingerprint density at radius 2 is 1.82 bits per heavy atom. The summed E-state index contributed by atoms with van der Waals surface area (Å²) in [6.45, 7) is 5.02. The van der Waals surface area contributed by atoms with E-state index in [-0.39, 0.29) is 30.0 Å². The molecule has 0 aliphatic carbocycles. The molecule has 0 spiro atoms. The van der Waals surface area contributed by atoms with E-state index >= 15 is 0 Å². The minimum Gasteiger partial charge on any atom is -0.481 e. The number of carboxylic acids is 1. The number of halogens is 1. The van der Waals surface area contributed by atoms with Crippen molar-refractivity contribution in [2.45, 2.75) is 38.4 Å². The molecule has 2 amide bonds. The summed E-state index contributed by atoms with van der Waals surface area (Å²) in [6.07, 6.45) is 2.83. The average Bonchev–Trinajstić information content (AvgIpc) is 2.89. The summed E-state index contributed by atoms with van der Waals surface area (Å²) in [5.74, 6) is -2.12. The van der Waals surface area contributed by atoms with Crippen LogP contribution in [0.1, 0.15) is 52.6 Å². The van der Waals surface area contributed by atoms with Crippen molar-refractivity contribution in [2.24, 2.45) is 0 Å². The van der Waals surface area contributed by atoms with Gasteiger partial charge >= 0.3 is 5.97 Å².